The maximum absolute atomic E-state index is 12.4. The summed E-state index contributed by atoms with van der Waals surface area (Å²) < 4.78 is 38.5. The fourth-order valence-corrected chi connectivity index (χ4v) is 2.48. The Balaban J connectivity index is 2.04. The van der Waals surface area contributed by atoms with Gasteiger partial charge in [-0.25, -0.2) is 0 Å². The van der Waals surface area contributed by atoms with Gasteiger partial charge in [0.2, 0.25) is 0 Å². The minimum atomic E-state index is -4.28. The van der Waals surface area contributed by atoms with E-state index in [9.17, 15) is 13.2 Å². The predicted octanol–water partition coefficient (Wildman–Crippen LogP) is 5.23. The molecule has 20 heavy (non-hydrogen) atoms. The first-order valence-electron chi connectivity index (χ1n) is 6.02. The van der Waals surface area contributed by atoms with Crippen LogP contribution in [0.15, 0.2) is 42.5 Å². The Bertz CT molecular complexity index is 591. The SMILES string of the molecule is Cc1cc(I)ccc1NCc1ccc(C(F)(F)F)cc1. The van der Waals surface area contributed by atoms with E-state index in [0.717, 1.165) is 32.5 Å². The summed E-state index contributed by atoms with van der Waals surface area (Å²) in [6.07, 6.45) is -4.28. The minimum absolute atomic E-state index is 0.500. The van der Waals surface area contributed by atoms with Crippen LogP contribution in [0.2, 0.25) is 0 Å². The summed E-state index contributed by atoms with van der Waals surface area (Å²) in [5.41, 5.74) is 2.30. The van der Waals surface area contributed by atoms with Crippen LogP contribution in [0.1, 0.15) is 16.7 Å². The molecule has 0 bridgehead atoms. The van der Waals surface area contributed by atoms with Crippen molar-refractivity contribution in [3.8, 4) is 0 Å². The molecular weight excluding hydrogens is 378 g/mol. The lowest BCUT2D eigenvalue weighted by atomic mass is 10.1. The molecule has 0 aliphatic carbocycles. The molecular formula is C15H13F3IN. The highest BCUT2D eigenvalue weighted by molar-refractivity contribution is 14.1. The number of benzene rings is 2. The molecule has 0 amide bonds. The Labute approximate surface area is 129 Å². The zero-order chi connectivity index (χ0) is 14.8. The summed E-state index contributed by atoms with van der Waals surface area (Å²) in [5.74, 6) is 0. The fourth-order valence-electron chi connectivity index (χ4n) is 1.83. The van der Waals surface area contributed by atoms with Crippen molar-refractivity contribution in [2.75, 3.05) is 5.32 Å². The van der Waals surface area contributed by atoms with E-state index < -0.39 is 11.7 Å². The molecule has 1 nitrogen and oxygen atoms in total. The van der Waals surface area contributed by atoms with E-state index in [1.807, 2.05) is 19.1 Å². The first-order valence-corrected chi connectivity index (χ1v) is 7.10. The molecule has 2 aromatic rings. The van der Waals surface area contributed by atoms with Crippen molar-refractivity contribution in [3.63, 3.8) is 0 Å². The smallest absolute Gasteiger partial charge is 0.381 e. The summed E-state index contributed by atoms with van der Waals surface area (Å²) in [5, 5.41) is 3.23. The van der Waals surface area contributed by atoms with E-state index in [2.05, 4.69) is 34.0 Å². The molecule has 5 heteroatoms. The summed E-state index contributed by atoms with van der Waals surface area (Å²) in [6.45, 7) is 2.50. The van der Waals surface area contributed by atoms with Gasteiger partial charge in [-0.3, -0.25) is 0 Å². The van der Waals surface area contributed by atoms with Gasteiger partial charge in [-0.2, -0.15) is 13.2 Å². The van der Waals surface area contributed by atoms with Crippen LogP contribution in [0.3, 0.4) is 0 Å². The van der Waals surface area contributed by atoms with E-state index in [1.54, 1.807) is 0 Å². The summed E-state index contributed by atoms with van der Waals surface area (Å²) >= 11 is 2.24. The average molecular weight is 391 g/mol. The first kappa shape index (κ1) is 15.2. The molecule has 2 rings (SSSR count). The van der Waals surface area contributed by atoms with Crippen LogP contribution in [0.25, 0.3) is 0 Å². The van der Waals surface area contributed by atoms with Crippen molar-refractivity contribution < 1.29 is 13.2 Å². The zero-order valence-corrected chi connectivity index (χ0v) is 12.9. The van der Waals surface area contributed by atoms with Crippen molar-refractivity contribution in [3.05, 3.63) is 62.7 Å². The van der Waals surface area contributed by atoms with E-state index >= 15 is 0 Å². The van der Waals surface area contributed by atoms with Gasteiger partial charge in [0.05, 0.1) is 5.56 Å². The van der Waals surface area contributed by atoms with Crippen molar-refractivity contribution in [2.45, 2.75) is 19.6 Å². The van der Waals surface area contributed by atoms with Gasteiger partial charge in [-0.05, 0) is 71.0 Å². The second kappa shape index (κ2) is 6.03. The topological polar surface area (TPSA) is 12.0 Å². The maximum atomic E-state index is 12.4. The molecule has 0 saturated heterocycles. The second-order valence-electron chi connectivity index (χ2n) is 4.51. The van der Waals surface area contributed by atoms with E-state index in [-0.39, 0.29) is 0 Å². The van der Waals surface area contributed by atoms with Crippen LogP contribution < -0.4 is 5.32 Å². The molecule has 0 spiro atoms. The lowest BCUT2D eigenvalue weighted by Crippen LogP contribution is -2.06. The number of nitrogens with one attached hydrogen (secondary N) is 1. The molecule has 0 heterocycles. The quantitative estimate of drug-likeness (QED) is 0.707. The standard InChI is InChI=1S/C15H13F3IN/c1-10-8-13(19)6-7-14(10)20-9-11-2-4-12(5-3-11)15(16,17)18/h2-8,20H,9H2,1H3. The highest BCUT2D eigenvalue weighted by Gasteiger charge is 2.29. The Morgan fingerprint density at radius 2 is 1.70 bits per heavy atom. The third-order valence-electron chi connectivity index (χ3n) is 2.95. The lowest BCUT2D eigenvalue weighted by molar-refractivity contribution is -0.137. The number of anilines is 1. The van der Waals surface area contributed by atoms with Gasteiger partial charge in [-0.15, -0.1) is 0 Å². The molecule has 1 N–H and O–H groups in total. The van der Waals surface area contributed by atoms with E-state index in [0.29, 0.717) is 6.54 Å². The molecule has 2 aromatic carbocycles. The van der Waals surface area contributed by atoms with Gasteiger partial charge < -0.3 is 5.32 Å². The molecule has 106 valence electrons. The highest BCUT2D eigenvalue weighted by Crippen LogP contribution is 2.29. The number of hydrogen-bond donors (Lipinski definition) is 1. The van der Waals surface area contributed by atoms with E-state index in [1.165, 1.54) is 12.1 Å². The maximum Gasteiger partial charge on any atom is 0.416 e. The van der Waals surface area contributed by atoms with Gasteiger partial charge in [0.25, 0.3) is 0 Å². The highest BCUT2D eigenvalue weighted by atomic mass is 127. The second-order valence-corrected chi connectivity index (χ2v) is 5.75. The van der Waals surface area contributed by atoms with Crippen LogP contribution in [0.4, 0.5) is 18.9 Å². The molecule has 0 atom stereocenters. The Morgan fingerprint density at radius 3 is 2.25 bits per heavy atom. The molecule has 0 aliphatic heterocycles. The van der Waals surface area contributed by atoms with Crippen LogP contribution in [-0.4, -0.2) is 0 Å². The van der Waals surface area contributed by atoms with Gasteiger partial charge >= 0.3 is 6.18 Å². The molecule has 0 unspecified atom stereocenters. The van der Waals surface area contributed by atoms with Crippen molar-refractivity contribution in [1.82, 2.24) is 0 Å². The summed E-state index contributed by atoms with van der Waals surface area (Å²) in [7, 11) is 0. The third-order valence-corrected chi connectivity index (χ3v) is 3.62. The van der Waals surface area contributed by atoms with Crippen molar-refractivity contribution >= 4 is 28.3 Å². The van der Waals surface area contributed by atoms with Crippen molar-refractivity contribution in [1.29, 1.82) is 0 Å². The van der Waals surface area contributed by atoms with Gasteiger partial charge in [0.15, 0.2) is 0 Å². The van der Waals surface area contributed by atoms with Crippen LogP contribution in [0.5, 0.6) is 0 Å². The minimum Gasteiger partial charge on any atom is -0.381 e. The summed E-state index contributed by atoms with van der Waals surface area (Å²) in [4.78, 5) is 0. The third kappa shape index (κ3) is 3.88. The monoisotopic (exact) mass is 391 g/mol. The van der Waals surface area contributed by atoms with Gasteiger partial charge in [-0.1, -0.05) is 12.1 Å². The normalized spacial score (nSPS) is 11.4. The number of aryl methyl sites for hydroxylation is 1. The molecule has 0 aliphatic rings. The lowest BCUT2D eigenvalue weighted by Gasteiger charge is -2.11. The van der Waals surface area contributed by atoms with Crippen LogP contribution >= 0.6 is 22.6 Å². The zero-order valence-electron chi connectivity index (χ0n) is 10.8. The van der Waals surface area contributed by atoms with Crippen LogP contribution in [0, 0.1) is 10.5 Å². The van der Waals surface area contributed by atoms with E-state index in [4.69, 9.17) is 0 Å². The number of rotatable bonds is 3. The Hall–Kier alpha value is -1.24. The average Bonchev–Trinajstić information content (AvgIpc) is 2.37. The predicted molar refractivity (Wildman–Crippen MR) is 82.7 cm³/mol. The number of halogens is 4. The molecule has 0 saturated carbocycles. The Kier molecular flexibility index (Phi) is 4.57. The molecule has 0 aromatic heterocycles. The van der Waals surface area contributed by atoms with Crippen molar-refractivity contribution in [2.24, 2.45) is 0 Å². The largest absolute Gasteiger partial charge is 0.416 e. The molecule has 0 fully saturated rings. The number of hydrogen-bond acceptors (Lipinski definition) is 1. The number of alkyl halides is 3. The fraction of sp³-hybridized carbons (Fsp3) is 0.200. The Morgan fingerprint density at radius 1 is 1.05 bits per heavy atom. The van der Waals surface area contributed by atoms with Gasteiger partial charge in [0, 0.05) is 15.8 Å². The van der Waals surface area contributed by atoms with Gasteiger partial charge in [0.1, 0.15) is 0 Å². The van der Waals surface area contributed by atoms with Crippen LogP contribution in [-0.2, 0) is 12.7 Å². The first-order chi connectivity index (χ1) is 9.36. The summed E-state index contributed by atoms with van der Waals surface area (Å²) in [6, 6.07) is 11.2. The molecule has 0 radical (unpaired) electrons.